The van der Waals surface area contributed by atoms with Crippen molar-refractivity contribution < 1.29 is 29.0 Å². The zero-order chi connectivity index (χ0) is 16.3. The number of carbonyl (C=O) groups excluding carboxylic acids is 3. The number of hydrogen-bond acceptors (Lipinski definition) is 6. The van der Waals surface area contributed by atoms with Crippen molar-refractivity contribution in [3.05, 3.63) is 0 Å². The average molecular weight is 289 g/mol. The summed E-state index contributed by atoms with van der Waals surface area (Å²) in [5.41, 5.74) is 11.6. The largest absolute Gasteiger partial charge is 0.479 e. The fourth-order valence-electron chi connectivity index (χ4n) is 1.43. The van der Waals surface area contributed by atoms with Crippen molar-refractivity contribution in [1.29, 1.82) is 0 Å². The number of carbonyl (C=O) groups is 4. The van der Waals surface area contributed by atoms with Crippen LogP contribution in [0.5, 0.6) is 0 Å². The van der Waals surface area contributed by atoms with E-state index in [1.165, 1.54) is 20.8 Å². The summed E-state index contributed by atoms with van der Waals surface area (Å²) >= 11 is 0. The third-order valence-corrected chi connectivity index (χ3v) is 2.39. The van der Waals surface area contributed by atoms with Gasteiger partial charge in [-0.3, -0.25) is 9.59 Å². The number of aliphatic carboxylic acids is 1. The van der Waals surface area contributed by atoms with Gasteiger partial charge >= 0.3 is 11.9 Å². The lowest BCUT2D eigenvalue weighted by Gasteiger charge is -2.32. The van der Waals surface area contributed by atoms with E-state index in [2.05, 4.69) is 0 Å². The van der Waals surface area contributed by atoms with Crippen LogP contribution in [0.25, 0.3) is 0 Å². The molecule has 0 fully saturated rings. The van der Waals surface area contributed by atoms with Crippen LogP contribution in [0.1, 0.15) is 27.2 Å². The number of hydrogen-bond donors (Lipinski definition) is 4. The minimum atomic E-state index is -2.78. The summed E-state index contributed by atoms with van der Waals surface area (Å²) in [7, 11) is 0. The molecule has 0 aliphatic rings. The second-order valence-corrected chi connectivity index (χ2v) is 5.30. The maximum Gasteiger partial charge on any atom is 0.339 e. The number of carboxylic acid groups (broad SMARTS) is 1. The molecule has 0 aromatic carbocycles. The van der Waals surface area contributed by atoms with Crippen LogP contribution in [0, 0.1) is 5.92 Å². The first-order chi connectivity index (χ1) is 8.82. The molecular formula is C11H19N3O6. The summed E-state index contributed by atoms with van der Waals surface area (Å²) in [5, 5.41) is 9.15. The van der Waals surface area contributed by atoms with Gasteiger partial charge in [0.1, 0.15) is 5.60 Å². The first kappa shape index (κ1) is 17.8. The SMILES string of the molecule is CC(C)(C)OC(=O)[C@@](N)(C(=O)O)C(CC(N)=O)C(N)=O. The average Bonchev–Trinajstić information content (AvgIpc) is 2.21. The van der Waals surface area contributed by atoms with Gasteiger partial charge in [-0.05, 0) is 20.8 Å². The molecule has 7 N–H and O–H groups in total. The third-order valence-electron chi connectivity index (χ3n) is 2.39. The molecule has 2 atom stereocenters. The van der Waals surface area contributed by atoms with Gasteiger partial charge in [-0.15, -0.1) is 0 Å². The lowest BCUT2D eigenvalue weighted by atomic mass is 9.81. The van der Waals surface area contributed by atoms with Crippen molar-refractivity contribution in [3.63, 3.8) is 0 Å². The molecule has 0 rings (SSSR count). The van der Waals surface area contributed by atoms with Gasteiger partial charge in [0.2, 0.25) is 17.4 Å². The summed E-state index contributed by atoms with van der Waals surface area (Å²) in [4.78, 5) is 45.5. The molecule has 20 heavy (non-hydrogen) atoms. The molecule has 2 amide bonds. The van der Waals surface area contributed by atoms with Crippen LogP contribution >= 0.6 is 0 Å². The Morgan fingerprint density at radius 2 is 1.60 bits per heavy atom. The molecular weight excluding hydrogens is 270 g/mol. The standard InChI is InChI=1S/C11H19N3O6/c1-10(2,3)20-9(19)11(14,8(17)18)5(7(13)16)4-6(12)15/h5H,4,14H2,1-3H3,(H2,12,15)(H2,13,16)(H,17,18)/t5?,11-/m0/s1. The summed E-state index contributed by atoms with van der Waals surface area (Å²) in [6, 6.07) is 0. The maximum atomic E-state index is 12.0. The first-order valence-corrected chi connectivity index (χ1v) is 5.65. The molecule has 0 aliphatic carbocycles. The lowest BCUT2D eigenvalue weighted by molar-refractivity contribution is -0.174. The normalized spacial score (nSPS) is 15.8. The Balaban J connectivity index is 5.67. The number of esters is 1. The van der Waals surface area contributed by atoms with Crippen LogP contribution in [-0.4, -0.2) is 40.0 Å². The predicted octanol–water partition coefficient (Wildman–Crippen LogP) is -1.91. The van der Waals surface area contributed by atoms with Gasteiger partial charge < -0.3 is 27.0 Å². The summed E-state index contributed by atoms with van der Waals surface area (Å²) in [5.74, 6) is -7.28. The maximum absolute atomic E-state index is 12.0. The highest BCUT2D eigenvalue weighted by molar-refractivity contribution is 6.09. The molecule has 0 saturated carbocycles. The molecule has 0 aromatic rings. The minimum Gasteiger partial charge on any atom is -0.479 e. The van der Waals surface area contributed by atoms with Crippen molar-refractivity contribution in [3.8, 4) is 0 Å². The van der Waals surface area contributed by atoms with Gasteiger partial charge in [0, 0.05) is 6.42 Å². The molecule has 0 bridgehead atoms. The molecule has 9 heteroatoms. The van der Waals surface area contributed by atoms with E-state index in [9.17, 15) is 19.2 Å². The van der Waals surface area contributed by atoms with Crippen molar-refractivity contribution in [1.82, 2.24) is 0 Å². The van der Waals surface area contributed by atoms with Crippen molar-refractivity contribution >= 4 is 23.8 Å². The van der Waals surface area contributed by atoms with Crippen molar-refractivity contribution in [2.75, 3.05) is 0 Å². The highest BCUT2D eigenvalue weighted by atomic mass is 16.6. The Hall–Kier alpha value is -2.16. The fraction of sp³-hybridized carbons (Fsp3) is 0.636. The van der Waals surface area contributed by atoms with E-state index in [0.29, 0.717) is 0 Å². The Kier molecular flexibility index (Phi) is 5.23. The number of rotatable bonds is 6. The van der Waals surface area contributed by atoms with Crippen LogP contribution in [0.3, 0.4) is 0 Å². The Bertz CT molecular complexity index is 442. The third kappa shape index (κ3) is 4.19. The number of primary amides is 2. The molecule has 0 heterocycles. The Morgan fingerprint density at radius 3 is 1.85 bits per heavy atom. The summed E-state index contributed by atoms with van der Waals surface area (Å²) in [6.45, 7) is 4.46. The number of nitrogens with two attached hydrogens (primary N) is 3. The lowest BCUT2D eigenvalue weighted by Crippen LogP contribution is -2.65. The number of ether oxygens (including phenoxy) is 1. The molecule has 0 saturated heterocycles. The second kappa shape index (κ2) is 5.87. The molecule has 0 aliphatic heterocycles. The van der Waals surface area contributed by atoms with Gasteiger partial charge in [0.25, 0.3) is 0 Å². The molecule has 1 unspecified atom stereocenters. The summed E-state index contributed by atoms with van der Waals surface area (Å²) in [6.07, 6.45) is -0.780. The van der Waals surface area contributed by atoms with E-state index < -0.39 is 47.2 Å². The minimum absolute atomic E-state index is 0.780. The van der Waals surface area contributed by atoms with E-state index in [4.69, 9.17) is 27.0 Å². The fourth-order valence-corrected chi connectivity index (χ4v) is 1.43. The van der Waals surface area contributed by atoms with E-state index >= 15 is 0 Å². The topological polar surface area (TPSA) is 176 Å². The first-order valence-electron chi connectivity index (χ1n) is 5.65. The highest BCUT2D eigenvalue weighted by Crippen LogP contribution is 2.23. The molecule has 114 valence electrons. The molecule has 0 radical (unpaired) electrons. The van der Waals surface area contributed by atoms with Crippen LogP contribution in [0.15, 0.2) is 0 Å². The van der Waals surface area contributed by atoms with Gasteiger partial charge in [-0.25, -0.2) is 9.59 Å². The second-order valence-electron chi connectivity index (χ2n) is 5.30. The van der Waals surface area contributed by atoms with E-state index in [0.717, 1.165) is 0 Å². The van der Waals surface area contributed by atoms with Gasteiger partial charge in [0.05, 0.1) is 5.92 Å². The molecule has 9 nitrogen and oxygen atoms in total. The number of carboxylic acids is 1. The van der Waals surface area contributed by atoms with Crippen LogP contribution in [-0.2, 0) is 23.9 Å². The van der Waals surface area contributed by atoms with Crippen LogP contribution in [0.2, 0.25) is 0 Å². The van der Waals surface area contributed by atoms with Crippen molar-refractivity contribution in [2.45, 2.75) is 38.3 Å². The van der Waals surface area contributed by atoms with Crippen LogP contribution in [0.4, 0.5) is 0 Å². The monoisotopic (exact) mass is 289 g/mol. The van der Waals surface area contributed by atoms with Gasteiger partial charge in [0.15, 0.2) is 0 Å². The van der Waals surface area contributed by atoms with E-state index in [1.807, 2.05) is 0 Å². The van der Waals surface area contributed by atoms with E-state index in [1.54, 1.807) is 0 Å². The van der Waals surface area contributed by atoms with Gasteiger partial charge in [-0.2, -0.15) is 0 Å². The van der Waals surface area contributed by atoms with Gasteiger partial charge in [-0.1, -0.05) is 0 Å². The Labute approximate surface area is 115 Å². The predicted molar refractivity (Wildman–Crippen MR) is 66.9 cm³/mol. The number of amides is 2. The molecule has 0 aromatic heterocycles. The summed E-state index contributed by atoms with van der Waals surface area (Å²) < 4.78 is 4.87. The smallest absolute Gasteiger partial charge is 0.339 e. The van der Waals surface area contributed by atoms with Crippen molar-refractivity contribution in [2.24, 2.45) is 23.1 Å². The van der Waals surface area contributed by atoms with Crippen LogP contribution < -0.4 is 17.2 Å². The highest BCUT2D eigenvalue weighted by Gasteiger charge is 2.54. The van der Waals surface area contributed by atoms with E-state index in [-0.39, 0.29) is 0 Å². The Morgan fingerprint density at radius 1 is 1.15 bits per heavy atom. The quantitative estimate of drug-likeness (QED) is 0.325. The zero-order valence-electron chi connectivity index (χ0n) is 11.5. The zero-order valence-corrected chi connectivity index (χ0v) is 11.5. The molecule has 0 spiro atoms.